The van der Waals surface area contributed by atoms with Gasteiger partial charge in [-0.05, 0) is 27.4 Å². The standard InChI is InChI=1S/C10H7BrFNO2S/c11-8-5-6-3-1-2-4-7(6)9(12)10(8)16(13,14)15/h1-5H,(H2,13,14,15). The number of fused-ring (bicyclic) bond motifs is 1. The van der Waals surface area contributed by atoms with E-state index in [0.717, 1.165) is 0 Å². The van der Waals surface area contributed by atoms with Gasteiger partial charge >= 0.3 is 0 Å². The molecule has 0 saturated heterocycles. The molecule has 0 amide bonds. The highest BCUT2D eigenvalue weighted by molar-refractivity contribution is 9.10. The van der Waals surface area contributed by atoms with Gasteiger partial charge in [-0.3, -0.25) is 0 Å². The van der Waals surface area contributed by atoms with E-state index in [0.29, 0.717) is 5.39 Å². The van der Waals surface area contributed by atoms with Crippen LogP contribution in [0, 0.1) is 5.82 Å². The van der Waals surface area contributed by atoms with E-state index in [1.54, 1.807) is 18.2 Å². The number of nitrogens with two attached hydrogens (primary N) is 1. The van der Waals surface area contributed by atoms with Crippen molar-refractivity contribution < 1.29 is 12.8 Å². The van der Waals surface area contributed by atoms with Gasteiger partial charge in [0.25, 0.3) is 0 Å². The van der Waals surface area contributed by atoms with Crippen LogP contribution < -0.4 is 5.14 Å². The zero-order chi connectivity index (χ0) is 11.9. The third kappa shape index (κ3) is 1.83. The van der Waals surface area contributed by atoms with E-state index in [1.807, 2.05) is 0 Å². The Labute approximate surface area is 100 Å². The van der Waals surface area contributed by atoms with Crippen LogP contribution >= 0.6 is 15.9 Å². The van der Waals surface area contributed by atoms with E-state index >= 15 is 0 Å². The van der Waals surface area contributed by atoms with Crippen LogP contribution in [-0.2, 0) is 10.0 Å². The van der Waals surface area contributed by atoms with Crippen LogP contribution in [0.15, 0.2) is 39.7 Å². The van der Waals surface area contributed by atoms with Crippen LogP contribution in [0.3, 0.4) is 0 Å². The lowest BCUT2D eigenvalue weighted by molar-refractivity contribution is 0.572. The second-order valence-electron chi connectivity index (χ2n) is 3.27. The molecule has 2 aromatic rings. The molecule has 16 heavy (non-hydrogen) atoms. The highest BCUT2D eigenvalue weighted by atomic mass is 79.9. The molecule has 0 saturated carbocycles. The Morgan fingerprint density at radius 1 is 1.25 bits per heavy atom. The molecule has 0 atom stereocenters. The molecule has 6 heteroatoms. The second kappa shape index (κ2) is 3.80. The molecule has 3 nitrogen and oxygen atoms in total. The van der Waals surface area contributed by atoms with Crippen molar-refractivity contribution in [3.8, 4) is 0 Å². The summed E-state index contributed by atoms with van der Waals surface area (Å²) >= 11 is 3.00. The fraction of sp³-hybridized carbons (Fsp3) is 0. The topological polar surface area (TPSA) is 60.2 Å². The summed E-state index contributed by atoms with van der Waals surface area (Å²) in [7, 11) is -4.08. The summed E-state index contributed by atoms with van der Waals surface area (Å²) in [5.74, 6) is -0.826. The van der Waals surface area contributed by atoms with Gasteiger partial charge in [-0.25, -0.2) is 17.9 Å². The monoisotopic (exact) mass is 303 g/mol. The fourth-order valence-corrected chi connectivity index (χ4v) is 3.30. The maximum atomic E-state index is 13.9. The zero-order valence-corrected chi connectivity index (χ0v) is 10.3. The molecule has 2 aromatic carbocycles. The highest BCUT2D eigenvalue weighted by Crippen LogP contribution is 2.30. The quantitative estimate of drug-likeness (QED) is 0.879. The van der Waals surface area contributed by atoms with Crippen molar-refractivity contribution in [3.63, 3.8) is 0 Å². The predicted molar refractivity (Wildman–Crippen MR) is 63.0 cm³/mol. The SMILES string of the molecule is NS(=O)(=O)c1c(Br)cc2ccccc2c1F. The normalized spacial score (nSPS) is 11.9. The maximum Gasteiger partial charge on any atom is 0.242 e. The van der Waals surface area contributed by atoms with Gasteiger partial charge in [-0.2, -0.15) is 0 Å². The molecule has 2 N–H and O–H groups in total. The van der Waals surface area contributed by atoms with Crippen molar-refractivity contribution in [1.29, 1.82) is 0 Å². The van der Waals surface area contributed by atoms with Crippen LogP contribution in [-0.4, -0.2) is 8.42 Å². The molecule has 0 aliphatic rings. The second-order valence-corrected chi connectivity index (χ2v) is 5.62. The Morgan fingerprint density at radius 3 is 2.50 bits per heavy atom. The van der Waals surface area contributed by atoms with Crippen LogP contribution in [0.2, 0.25) is 0 Å². The number of primary sulfonamides is 1. The van der Waals surface area contributed by atoms with Gasteiger partial charge in [0.05, 0.1) is 0 Å². The van der Waals surface area contributed by atoms with Crippen molar-refractivity contribution in [1.82, 2.24) is 0 Å². The minimum Gasteiger partial charge on any atom is -0.224 e. The molecule has 0 radical (unpaired) electrons. The number of sulfonamides is 1. The first kappa shape index (κ1) is 11.5. The predicted octanol–water partition coefficient (Wildman–Crippen LogP) is 2.39. The van der Waals surface area contributed by atoms with E-state index in [9.17, 15) is 12.8 Å². The minimum absolute atomic E-state index is 0.131. The van der Waals surface area contributed by atoms with Gasteiger partial charge in [-0.15, -0.1) is 0 Å². The summed E-state index contributed by atoms with van der Waals surface area (Å²) in [6, 6.07) is 8.09. The van der Waals surface area contributed by atoms with Crippen LogP contribution in [0.5, 0.6) is 0 Å². The summed E-state index contributed by atoms with van der Waals surface area (Å²) in [4.78, 5) is -0.508. The third-order valence-electron chi connectivity index (χ3n) is 2.18. The molecule has 0 fully saturated rings. The Bertz CT molecular complexity index is 670. The lowest BCUT2D eigenvalue weighted by Gasteiger charge is -2.07. The fourth-order valence-electron chi connectivity index (χ4n) is 1.51. The lowest BCUT2D eigenvalue weighted by Crippen LogP contribution is -2.15. The Balaban J connectivity index is 2.98. The Kier molecular flexibility index (Phi) is 2.73. The molecule has 0 aromatic heterocycles. The molecule has 2 rings (SSSR count). The van der Waals surface area contributed by atoms with E-state index in [1.165, 1.54) is 12.1 Å². The highest BCUT2D eigenvalue weighted by Gasteiger charge is 2.20. The molecule has 0 spiro atoms. The van der Waals surface area contributed by atoms with Gasteiger partial charge in [0.1, 0.15) is 4.90 Å². The van der Waals surface area contributed by atoms with Crippen molar-refractivity contribution >= 4 is 36.7 Å². The molecule has 84 valence electrons. The van der Waals surface area contributed by atoms with Crippen LogP contribution in [0.1, 0.15) is 0 Å². The maximum absolute atomic E-state index is 13.9. The Hall–Kier alpha value is -0.980. The number of halogens is 2. The van der Waals surface area contributed by atoms with Crippen molar-refractivity contribution in [2.75, 3.05) is 0 Å². The largest absolute Gasteiger partial charge is 0.242 e. The van der Waals surface area contributed by atoms with Crippen molar-refractivity contribution in [2.45, 2.75) is 4.90 Å². The first-order valence-corrected chi connectivity index (χ1v) is 6.65. The molecule has 0 unspecified atom stereocenters. The average Bonchev–Trinajstić information content (AvgIpc) is 2.15. The van der Waals surface area contributed by atoms with Crippen molar-refractivity contribution in [2.24, 2.45) is 5.14 Å². The van der Waals surface area contributed by atoms with Crippen molar-refractivity contribution in [3.05, 3.63) is 40.6 Å². The summed E-state index contributed by atoms with van der Waals surface area (Å²) in [5, 5.41) is 5.79. The van der Waals surface area contributed by atoms with Gasteiger partial charge in [0, 0.05) is 9.86 Å². The summed E-state index contributed by atoms with van der Waals surface area (Å²) < 4.78 is 36.5. The number of hydrogen-bond donors (Lipinski definition) is 1. The van der Waals surface area contributed by atoms with Crippen LogP contribution in [0.4, 0.5) is 4.39 Å². The summed E-state index contributed by atoms with van der Waals surface area (Å²) in [6.45, 7) is 0. The van der Waals surface area contributed by atoms with Gasteiger partial charge < -0.3 is 0 Å². The molecule has 0 bridgehead atoms. The number of rotatable bonds is 1. The van der Waals surface area contributed by atoms with E-state index < -0.39 is 20.7 Å². The first-order chi connectivity index (χ1) is 7.41. The summed E-state index contributed by atoms with van der Waals surface area (Å²) in [6.07, 6.45) is 0. The van der Waals surface area contributed by atoms with Gasteiger partial charge in [0.2, 0.25) is 10.0 Å². The van der Waals surface area contributed by atoms with E-state index in [2.05, 4.69) is 15.9 Å². The Morgan fingerprint density at radius 2 is 1.88 bits per heavy atom. The zero-order valence-electron chi connectivity index (χ0n) is 7.94. The number of hydrogen-bond acceptors (Lipinski definition) is 2. The minimum atomic E-state index is -4.08. The molecule has 0 heterocycles. The lowest BCUT2D eigenvalue weighted by atomic mass is 10.1. The summed E-state index contributed by atoms with van der Waals surface area (Å²) in [5.41, 5.74) is 0. The molecular weight excluding hydrogens is 297 g/mol. The third-order valence-corrected chi connectivity index (χ3v) is 4.04. The first-order valence-electron chi connectivity index (χ1n) is 4.31. The van der Waals surface area contributed by atoms with Gasteiger partial charge in [-0.1, -0.05) is 24.3 Å². The van der Waals surface area contributed by atoms with E-state index in [4.69, 9.17) is 5.14 Å². The van der Waals surface area contributed by atoms with E-state index in [-0.39, 0.29) is 9.86 Å². The molecule has 0 aliphatic heterocycles. The molecular formula is C10H7BrFNO2S. The number of benzene rings is 2. The smallest absolute Gasteiger partial charge is 0.224 e. The van der Waals surface area contributed by atoms with Gasteiger partial charge in [0.15, 0.2) is 5.82 Å². The average molecular weight is 304 g/mol. The van der Waals surface area contributed by atoms with Crippen LogP contribution in [0.25, 0.3) is 10.8 Å². The molecule has 0 aliphatic carbocycles.